The molecule has 2 fully saturated rings. The van der Waals surface area contributed by atoms with Gasteiger partial charge in [0.15, 0.2) is 0 Å². The molecule has 0 amide bonds. The standard InChI is InChI=1S/C12H23NO/c1-8-5-4-6-9(8)13-10-7-11(14)12(10,2)3/h8-11,13-14H,4-7H2,1-3H3. The molecular weight excluding hydrogens is 174 g/mol. The lowest BCUT2D eigenvalue weighted by Crippen LogP contribution is -2.62. The third kappa shape index (κ3) is 1.59. The monoisotopic (exact) mass is 197 g/mol. The molecule has 0 heterocycles. The van der Waals surface area contributed by atoms with Crippen LogP contribution in [0.1, 0.15) is 46.5 Å². The zero-order valence-electron chi connectivity index (χ0n) is 9.59. The maximum atomic E-state index is 9.65. The van der Waals surface area contributed by atoms with Crippen LogP contribution in [0.5, 0.6) is 0 Å². The zero-order chi connectivity index (χ0) is 10.3. The first-order chi connectivity index (χ1) is 6.51. The molecule has 2 aliphatic rings. The van der Waals surface area contributed by atoms with Crippen molar-refractivity contribution in [1.29, 1.82) is 0 Å². The molecule has 0 aliphatic heterocycles. The van der Waals surface area contributed by atoms with E-state index in [-0.39, 0.29) is 11.5 Å². The van der Waals surface area contributed by atoms with Crippen LogP contribution in [-0.2, 0) is 0 Å². The Morgan fingerprint density at radius 1 is 1.29 bits per heavy atom. The van der Waals surface area contributed by atoms with E-state index in [4.69, 9.17) is 0 Å². The summed E-state index contributed by atoms with van der Waals surface area (Å²) in [6, 6.07) is 1.23. The fraction of sp³-hybridized carbons (Fsp3) is 1.00. The van der Waals surface area contributed by atoms with Crippen molar-refractivity contribution < 1.29 is 5.11 Å². The van der Waals surface area contributed by atoms with Gasteiger partial charge in [-0.2, -0.15) is 0 Å². The Bertz CT molecular complexity index is 214. The molecule has 0 radical (unpaired) electrons. The highest BCUT2D eigenvalue weighted by molar-refractivity contribution is 5.03. The minimum Gasteiger partial charge on any atom is -0.392 e. The number of nitrogens with one attached hydrogen (secondary N) is 1. The van der Waals surface area contributed by atoms with Crippen LogP contribution in [0.3, 0.4) is 0 Å². The normalized spacial score (nSPS) is 46.3. The number of aliphatic hydroxyl groups excluding tert-OH is 1. The second-order valence-corrected chi connectivity index (χ2v) is 5.81. The van der Waals surface area contributed by atoms with E-state index in [1.54, 1.807) is 0 Å². The molecule has 4 unspecified atom stereocenters. The third-order valence-electron chi connectivity index (χ3n) is 4.49. The summed E-state index contributed by atoms with van der Waals surface area (Å²) < 4.78 is 0. The molecule has 2 saturated carbocycles. The van der Waals surface area contributed by atoms with Gasteiger partial charge in [-0.1, -0.05) is 27.2 Å². The Balaban J connectivity index is 1.87. The highest BCUT2D eigenvalue weighted by atomic mass is 16.3. The summed E-state index contributed by atoms with van der Waals surface area (Å²) in [4.78, 5) is 0. The van der Waals surface area contributed by atoms with Crippen LogP contribution in [0.15, 0.2) is 0 Å². The molecule has 4 atom stereocenters. The average Bonchev–Trinajstić information content (AvgIpc) is 2.51. The van der Waals surface area contributed by atoms with E-state index in [0.29, 0.717) is 12.1 Å². The van der Waals surface area contributed by atoms with E-state index in [2.05, 4.69) is 26.1 Å². The van der Waals surface area contributed by atoms with Crippen molar-refractivity contribution in [1.82, 2.24) is 5.32 Å². The van der Waals surface area contributed by atoms with Crippen molar-refractivity contribution in [3.63, 3.8) is 0 Å². The van der Waals surface area contributed by atoms with Gasteiger partial charge in [0.05, 0.1) is 6.10 Å². The quantitative estimate of drug-likeness (QED) is 0.709. The summed E-state index contributed by atoms with van der Waals surface area (Å²) in [5.41, 5.74) is 0.0856. The Morgan fingerprint density at radius 2 is 2.00 bits per heavy atom. The summed E-state index contributed by atoms with van der Waals surface area (Å²) in [6.45, 7) is 6.67. The van der Waals surface area contributed by atoms with E-state index in [0.717, 1.165) is 12.3 Å². The minimum atomic E-state index is -0.100. The molecule has 2 rings (SSSR count). The lowest BCUT2D eigenvalue weighted by molar-refractivity contribution is -0.0769. The maximum Gasteiger partial charge on any atom is 0.0621 e. The van der Waals surface area contributed by atoms with Crippen molar-refractivity contribution >= 4 is 0 Å². The van der Waals surface area contributed by atoms with E-state index in [1.807, 2.05) is 0 Å². The SMILES string of the molecule is CC1CCCC1NC1CC(O)C1(C)C. The summed E-state index contributed by atoms with van der Waals surface area (Å²) in [7, 11) is 0. The van der Waals surface area contributed by atoms with Gasteiger partial charge in [0, 0.05) is 17.5 Å². The molecular formula is C12H23NO. The molecule has 82 valence electrons. The highest BCUT2D eigenvalue weighted by Gasteiger charge is 2.48. The number of rotatable bonds is 2. The third-order valence-corrected chi connectivity index (χ3v) is 4.49. The van der Waals surface area contributed by atoms with Crippen molar-refractivity contribution in [3.8, 4) is 0 Å². The van der Waals surface area contributed by atoms with E-state index in [1.165, 1.54) is 19.3 Å². The number of aliphatic hydroxyl groups is 1. The molecule has 14 heavy (non-hydrogen) atoms. The smallest absolute Gasteiger partial charge is 0.0621 e. The van der Waals surface area contributed by atoms with Crippen LogP contribution in [0.4, 0.5) is 0 Å². The van der Waals surface area contributed by atoms with E-state index >= 15 is 0 Å². The van der Waals surface area contributed by atoms with Gasteiger partial charge in [0.1, 0.15) is 0 Å². The van der Waals surface area contributed by atoms with Crippen LogP contribution in [0.2, 0.25) is 0 Å². The molecule has 0 bridgehead atoms. The van der Waals surface area contributed by atoms with Gasteiger partial charge in [-0.05, 0) is 25.2 Å². The fourth-order valence-electron chi connectivity index (χ4n) is 2.84. The first kappa shape index (κ1) is 10.4. The van der Waals surface area contributed by atoms with Crippen LogP contribution < -0.4 is 5.32 Å². The van der Waals surface area contributed by atoms with Gasteiger partial charge in [0.25, 0.3) is 0 Å². The Labute approximate surface area is 87.1 Å². The summed E-state index contributed by atoms with van der Waals surface area (Å²) in [5, 5.41) is 13.4. The summed E-state index contributed by atoms with van der Waals surface area (Å²) in [6.07, 6.45) is 4.90. The number of hydrogen-bond donors (Lipinski definition) is 2. The van der Waals surface area contributed by atoms with Gasteiger partial charge in [-0.25, -0.2) is 0 Å². The van der Waals surface area contributed by atoms with Crippen LogP contribution in [0, 0.1) is 11.3 Å². The van der Waals surface area contributed by atoms with Gasteiger partial charge < -0.3 is 10.4 Å². The highest BCUT2D eigenvalue weighted by Crippen LogP contribution is 2.41. The molecule has 2 nitrogen and oxygen atoms in total. The molecule has 0 aromatic rings. The molecule has 2 N–H and O–H groups in total. The molecule has 0 saturated heterocycles. The predicted octanol–water partition coefficient (Wildman–Crippen LogP) is 1.92. The predicted molar refractivity (Wildman–Crippen MR) is 58.1 cm³/mol. The topological polar surface area (TPSA) is 32.3 Å². The molecule has 0 spiro atoms. The van der Waals surface area contributed by atoms with Crippen molar-refractivity contribution in [2.75, 3.05) is 0 Å². The summed E-state index contributed by atoms with van der Waals surface area (Å²) >= 11 is 0. The number of hydrogen-bond acceptors (Lipinski definition) is 2. The first-order valence-corrected chi connectivity index (χ1v) is 5.96. The Kier molecular flexibility index (Phi) is 2.61. The van der Waals surface area contributed by atoms with Crippen LogP contribution in [-0.4, -0.2) is 23.3 Å². The average molecular weight is 197 g/mol. The zero-order valence-corrected chi connectivity index (χ0v) is 9.59. The lowest BCUT2D eigenvalue weighted by Gasteiger charge is -2.51. The van der Waals surface area contributed by atoms with Crippen molar-refractivity contribution in [3.05, 3.63) is 0 Å². The second-order valence-electron chi connectivity index (χ2n) is 5.81. The Morgan fingerprint density at radius 3 is 2.43 bits per heavy atom. The molecule has 0 aromatic heterocycles. The van der Waals surface area contributed by atoms with E-state index in [9.17, 15) is 5.11 Å². The first-order valence-electron chi connectivity index (χ1n) is 5.96. The largest absolute Gasteiger partial charge is 0.392 e. The summed E-state index contributed by atoms with van der Waals surface area (Å²) in [5.74, 6) is 0.823. The second kappa shape index (κ2) is 3.49. The van der Waals surface area contributed by atoms with E-state index < -0.39 is 0 Å². The van der Waals surface area contributed by atoms with Gasteiger partial charge in [0.2, 0.25) is 0 Å². The van der Waals surface area contributed by atoms with Crippen LogP contribution >= 0.6 is 0 Å². The Hall–Kier alpha value is -0.0800. The fourth-order valence-corrected chi connectivity index (χ4v) is 2.84. The van der Waals surface area contributed by atoms with Gasteiger partial charge >= 0.3 is 0 Å². The maximum absolute atomic E-state index is 9.65. The molecule has 2 aliphatic carbocycles. The van der Waals surface area contributed by atoms with Gasteiger partial charge in [-0.3, -0.25) is 0 Å². The molecule has 0 aromatic carbocycles. The van der Waals surface area contributed by atoms with Crippen molar-refractivity contribution in [2.45, 2.75) is 64.6 Å². The lowest BCUT2D eigenvalue weighted by atomic mass is 9.64. The van der Waals surface area contributed by atoms with Gasteiger partial charge in [-0.15, -0.1) is 0 Å². The van der Waals surface area contributed by atoms with Crippen LogP contribution in [0.25, 0.3) is 0 Å². The van der Waals surface area contributed by atoms with Crippen molar-refractivity contribution in [2.24, 2.45) is 11.3 Å². The molecule has 2 heteroatoms. The minimum absolute atomic E-state index is 0.0856.